The van der Waals surface area contributed by atoms with E-state index in [2.05, 4.69) is 0 Å². The molecule has 1 aromatic rings. The number of alkyl halides is 6. The molecule has 7 heteroatoms. The molecular weight excluding hydrogens is 373 g/mol. The summed E-state index contributed by atoms with van der Waals surface area (Å²) in [5, 5.41) is 10.3. The predicted octanol–water partition coefficient (Wildman–Crippen LogP) is 6.17. The van der Waals surface area contributed by atoms with Crippen LogP contribution in [-0.2, 0) is 7.59 Å². The van der Waals surface area contributed by atoms with Crippen LogP contribution in [0.2, 0.25) is 0 Å². The molecule has 0 aliphatic heterocycles. The van der Waals surface area contributed by atoms with Crippen LogP contribution in [-0.4, -0.2) is 5.11 Å². The molecule has 1 aromatic carbocycles. The Morgan fingerprint density at radius 3 is 1.74 bits per heavy atom. The van der Waals surface area contributed by atoms with E-state index in [9.17, 15) is 5.11 Å². The molecule has 0 heterocycles. The van der Waals surface area contributed by atoms with Gasteiger partial charge in [0.1, 0.15) is 0 Å². The first kappa shape index (κ1) is 18.0. The van der Waals surface area contributed by atoms with Crippen LogP contribution in [0.15, 0.2) is 18.2 Å². The molecule has 1 atom stereocenters. The summed E-state index contributed by atoms with van der Waals surface area (Å²) in [6.45, 7) is 1.93. The Kier molecular flexibility index (Phi) is 6.42. The summed E-state index contributed by atoms with van der Waals surface area (Å²) in [4.78, 5) is 0. The fourth-order valence-corrected chi connectivity index (χ4v) is 2.83. The van der Waals surface area contributed by atoms with Gasteiger partial charge >= 0.3 is 0 Å². The molecule has 0 aliphatic carbocycles. The van der Waals surface area contributed by atoms with E-state index >= 15 is 0 Å². The largest absolute Gasteiger partial charge is 0.388 e. The Bertz CT molecular complexity index is 403. The number of hydrogen-bond acceptors (Lipinski definition) is 1. The van der Waals surface area contributed by atoms with E-state index < -0.39 is 13.7 Å². The van der Waals surface area contributed by atoms with Crippen LogP contribution in [0.25, 0.3) is 0 Å². The third kappa shape index (κ3) is 4.71. The Morgan fingerprint density at radius 2 is 1.42 bits per heavy atom. The van der Waals surface area contributed by atoms with E-state index in [1.807, 2.05) is 6.92 Å². The van der Waals surface area contributed by atoms with Crippen molar-refractivity contribution in [3.8, 4) is 0 Å². The van der Waals surface area contributed by atoms with Gasteiger partial charge in [-0.15, -0.1) is 0 Å². The standard InChI is InChI=1S/C12H12Cl6O/c1-2-4-9(19)10-7(11(13,14)15)5-3-6-8(10)12(16,17)18/h3,5-6,9,19H,2,4H2,1H3. The fraction of sp³-hybridized carbons (Fsp3) is 0.500. The van der Waals surface area contributed by atoms with Crippen LogP contribution in [0.4, 0.5) is 0 Å². The SMILES string of the molecule is CCCC(O)c1c(C(Cl)(Cl)Cl)cccc1C(Cl)(Cl)Cl. The maximum absolute atomic E-state index is 10.3. The first-order valence-electron chi connectivity index (χ1n) is 5.54. The van der Waals surface area contributed by atoms with Gasteiger partial charge < -0.3 is 5.11 Å². The molecule has 108 valence electrons. The van der Waals surface area contributed by atoms with Gasteiger partial charge in [0, 0.05) is 11.1 Å². The molecule has 1 nitrogen and oxygen atoms in total. The van der Waals surface area contributed by atoms with E-state index in [4.69, 9.17) is 69.6 Å². The summed E-state index contributed by atoms with van der Waals surface area (Å²) in [5.74, 6) is 0. The molecule has 0 aliphatic rings. The molecule has 0 amide bonds. The average molecular weight is 385 g/mol. The highest BCUT2D eigenvalue weighted by atomic mass is 35.6. The van der Waals surface area contributed by atoms with Gasteiger partial charge in [0.05, 0.1) is 6.10 Å². The summed E-state index contributed by atoms with van der Waals surface area (Å²) in [6.07, 6.45) is 0.364. The normalized spacial score (nSPS) is 14.5. The molecule has 1 N–H and O–H groups in total. The van der Waals surface area contributed by atoms with Gasteiger partial charge in [-0.3, -0.25) is 0 Å². The van der Waals surface area contributed by atoms with Crippen molar-refractivity contribution in [2.75, 3.05) is 0 Å². The van der Waals surface area contributed by atoms with Gasteiger partial charge in [-0.1, -0.05) is 101 Å². The number of aliphatic hydroxyl groups is 1. The van der Waals surface area contributed by atoms with E-state index in [-0.39, 0.29) is 0 Å². The lowest BCUT2D eigenvalue weighted by atomic mass is 9.95. The van der Waals surface area contributed by atoms with Crippen molar-refractivity contribution < 1.29 is 5.11 Å². The van der Waals surface area contributed by atoms with E-state index in [0.29, 0.717) is 23.1 Å². The van der Waals surface area contributed by atoms with E-state index in [1.165, 1.54) is 0 Å². The summed E-state index contributed by atoms with van der Waals surface area (Å²) in [6, 6.07) is 4.82. The molecule has 0 radical (unpaired) electrons. The first-order valence-corrected chi connectivity index (χ1v) is 7.81. The van der Waals surface area contributed by atoms with Crippen LogP contribution in [0.5, 0.6) is 0 Å². The van der Waals surface area contributed by atoms with Crippen molar-refractivity contribution in [2.45, 2.75) is 33.5 Å². The maximum atomic E-state index is 10.3. The Morgan fingerprint density at radius 1 is 1.00 bits per heavy atom. The average Bonchev–Trinajstić information content (AvgIpc) is 2.26. The second-order valence-electron chi connectivity index (χ2n) is 4.07. The number of rotatable bonds is 3. The van der Waals surface area contributed by atoms with E-state index in [0.717, 1.165) is 6.42 Å². The number of benzene rings is 1. The van der Waals surface area contributed by atoms with Gasteiger partial charge in [0.25, 0.3) is 0 Å². The lowest BCUT2D eigenvalue weighted by molar-refractivity contribution is 0.164. The number of hydrogen-bond donors (Lipinski definition) is 1. The van der Waals surface area contributed by atoms with Crippen molar-refractivity contribution in [1.29, 1.82) is 0 Å². The lowest BCUT2D eigenvalue weighted by Gasteiger charge is -2.26. The zero-order chi connectivity index (χ0) is 14.8. The maximum Gasteiger partial charge on any atom is 0.216 e. The van der Waals surface area contributed by atoms with Crippen LogP contribution in [0, 0.1) is 0 Å². The second kappa shape index (κ2) is 6.79. The minimum absolute atomic E-state index is 0.322. The van der Waals surface area contributed by atoms with E-state index in [1.54, 1.807) is 18.2 Å². The summed E-state index contributed by atoms with van der Waals surface area (Å²) in [5.41, 5.74) is 1.01. The lowest BCUT2D eigenvalue weighted by Crippen LogP contribution is -2.16. The van der Waals surface area contributed by atoms with Crippen molar-refractivity contribution >= 4 is 69.6 Å². The van der Waals surface area contributed by atoms with Crippen molar-refractivity contribution in [3.63, 3.8) is 0 Å². The molecular formula is C12H12Cl6O. The van der Waals surface area contributed by atoms with Crippen molar-refractivity contribution in [2.24, 2.45) is 0 Å². The van der Waals surface area contributed by atoms with Gasteiger partial charge in [0.2, 0.25) is 7.59 Å². The Balaban J connectivity index is 3.50. The number of aliphatic hydroxyl groups excluding tert-OH is 1. The third-order valence-corrected chi connectivity index (χ3v) is 3.83. The topological polar surface area (TPSA) is 20.2 Å². The van der Waals surface area contributed by atoms with Gasteiger partial charge in [0.15, 0.2) is 0 Å². The molecule has 0 saturated carbocycles. The summed E-state index contributed by atoms with van der Waals surface area (Å²) < 4.78 is -3.40. The predicted molar refractivity (Wildman–Crippen MR) is 84.8 cm³/mol. The zero-order valence-electron chi connectivity index (χ0n) is 9.94. The third-order valence-electron chi connectivity index (χ3n) is 2.61. The molecule has 1 unspecified atom stereocenters. The smallest absolute Gasteiger partial charge is 0.216 e. The highest BCUT2D eigenvalue weighted by molar-refractivity contribution is 6.67. The summed E-state index contributed by atoms with van der Waals surface area (Å²) in [7, 11) is 0. The van der Waals surface area contributed by atoms with Crippen LogP contribution in [0.3, 0.4) is 0 Å². The summed E-state index contributed by atoms with van der Waals surface area (Å²) >= 11 is 35.5. The van der Waals surface area contributed by atoms with Crippen molar-refractivity contribution in [3.05, 3.63) is 34.9 Å². The quantitative estimate of drug-likeness (QED) is 0.617. The highest BCUT2D eigenvalue weighted by Crippen LogP contribution is 2.48. The van der Waals surface area contributed by atoms with Crippen LogP contribution in [0.1, 0.15) is 42.6 Å². The Labute approximate surface area is 142 Å². The van der Waals surface area contributed by atoms with Gasteiger partial charge in [-0.2, -0.15) is 0 Å². The molecule has 0 spiro atoms. The zero-order valence-corrected chi connectivity index (χ0v) is 14.5. The Hall–Kier alpha value is 0.920. The minimum atomic E-state index is -1.70. The second-order valence-corrected chi connectivity index (χ2v) is 8.63. The minimum Gasteiger partial charge on any atom is -0.388 e. The van der Waals surface area contributed by atoms with Crippen LogP contribution >= 0.6 is 69.6 Å². The molecule has 19 heavy (non-hydrogen) atoms. The molecule has 1 rings (SSSR count). The van der Waals surface area contributed by atoms with Crippen LogP contribution < -0.4 is 0 Å². The monoisotopic (exact) mass is 382 g/mol. The van der Waals surface area contributed by atoms with Gasteiger partial charge in [-0.05, 0) is 12.0 Å². The first-order chi connectivity index (χ1) is 8.59. The molecule has 0 saturated heterocycles. The molecule has 0 aromatic heterocycles. The highest BCUT2D eigenvalue weighted by Gasteiger charge is 2.35. The van der Waals surface area contributed by atoms with Gasteiger partial charge in [-0.25, -0.2) is 0 Å². The van der Waals surface area contributed by atoms with Crippen molar-refractivity contribution in [1.82, 2.24) is 0 Å². The fourth-order valence-electron chi connectivity index (χ4n) is 1.84. The molecule has 0 bridgehead atoms. The number of halogens is 6. The molecule has 0 fully saturated rings.